The van der Waals surface area contributed by atoms with E-state index >= 15 is 0 Å². The molecule has 2 heterocycles. The number of rotatable bonds is 5. The highest BCUT2D eigenvalue weighted by molar-refractivity contribution is 5.92. The number of carbonyl (C=O) groups is 1. The molecule has 0 bridgehead atoms. The zero-order valence-corrected chi connectivity index (χ0v) is 11.6. The predicted molar refractivity (Wildman–Crippen MR) is 73.7 cm³/mol. The summed E-state index contributed by atoms with van der Waals surface area (Å²) in [5.74, 6) is -0.237. The highest BCUT2D eigenvalue weighted by Gasteiger charge is 2.19. The normalized spacial score (nSPS) is 18.6. The van der Waals surface area contributed by atoms with Gasteiger partial charge in [0.15, 0.2) is 0 Å². The van der Waals surface area contributed by atoms with Crippen LogP contribution in [-0.2, 0) is 9.47 Å². The third-order valence-electron chi connectivity index (χ3n) is 3.05. The van der Waals surface area contributed by atoms with Crippen LogP contribution in [0, 0.1) is 0 Å². The largest absolute Gasteiger partial charge is 0.474 e. The fourth-order valence-electron chi connectivity index (χ4n) is 2.05. The molecule has 2 rings (SSSR count). The number of aromatic nitrogens is 1. The van der Waals surface area contributed by atoms with Crippen LogP contribution < -0.4 is 10.5 Å². The van der Waals surface area contributed by atoms with Crippen LogP contribution in [0.4, 0.5) is 5.69 Å². The number of nitrogen functional groups attached to an aromatic ring is 1. The molecule has 0 aromatic carbocycles. The number of hydrogen-bond acceptors (Lipinski definition) is 6. The van der Waals surface area contributed by atoms with Crippen LogP contribution in [0.15, 0.2) is 12.3 Å². The summed E-state index contributed by atoms with van der Waals surface area (Å²) in [6.45, 7) is 3.17. The van der Waals surface area contributed by atoms with Crippen molar-refractivity contribution in [1.82, 2.24) is 4.98 Å². The van der Waals surface area contributed by atoms with Crippen molar-refractivity contribution in [3.8, 4) is 5.88 Å². The number of nitrogens with two attached hydrogens (primary N) is 1. The molecule has 1 aliphatic rings. The van der Waals surface area contributed by atoms with Gasteiger partial charge in [-0.1, -0.05) is 0 Å². The second-order valence-corrected chi connectivity index (χ2v) is 4.64. The summed E-state index contributed by atoms with van der Waals surface area (Å²) in [5.41, 5.74) is 6.30. The van der Waals surface area contributed by atoms with E-state index in [1.54, 1.807) is 6.92 Å². The van der Waals surface area contributed by atoms with Gasteiger partial charge in [0.1, 0.15) is 12.2 Å². The van der Waals surface area contributed by atoms with Crippen LogP contribution in [0.1, 0.15) is 36.5 Å². The van der Waals surface area contributed by atoms with E-state index in [9.17, 15) is 4.79 Å². The molecular weight excluding hydrogens is 260 g/mol. The summed E-state index contributed by atoms with van der Waals surface area (Å²) >= 11 is 0. The van der Waals surface area contributed by atoms with Crippen molar-refractivity contribution in [1.29, 1.82) is 0 Å². The molecule has 110 valence electrons. The van der Waals surface area contributed by atoms with Crippen molar-refractivity contribution in [2.45, 2.75) is 32.3 Å². The van der Waals surface area contributed by atoms with Crippen LogP contribution in [0.5, 0.6) is 5.88 Å². The Morgan fingerprint density at radius 3 is 3.10 bits per heavy atom. The second-order valence-electron chi connectivity index (χ2n) is 4.64. The number of carbonyl (C=O) groups excluding carboxylic acids is 1. The standard InChI is InChI=1S/C14H20N2O4/c1-2-18-14(17)12-7-10(15)8-16-13(12)20-9-11-5-3-4-6-19-11/h7-8,11H,2-6,9,15H2,1H3. The SMILES string of the molecule is CCOC(=O)c1cc(N)cnc1OCC1CCCCO1. The number of ether oxygens (including phenoxy) is 3. The molecule has 20 heavy (non-hydrogen) atoms. The van der Waals surface area contributed by atoms with Gasteiger partial charge in [-0.2, -0.15) is 0 Å². The number of hydrogen-bond donors (Lipinski definition) is 1. The molecular formula is C14H20N2O4. The molecule has 0 radical (unpaired) electrons. The highest BCUT2D eigenvalue weighted by Crippen LogP contribution is 2.21. The minimum atomic E-state index is -0.480. The van der Waals surface area contributed by atoms with E-state index in [2.05, 4.69) is 4.98 Å². The first-order valence-electron chi connectivity index (χ1n) is 6.87. The quantitative estimate of drug-likeness (QED) is 0.828. The van der Waals surface area contributed by atoms with Crippen molar-refractivity contribution < 1.29 is 19.0 Å². The Labute approximate surface area is 118 Å². The minimum Gasteiger partial charge on any atom is -0.474 e. The third kappa shape index (κ3) is 3.84. The Morgan fingerprint density at radius 2 is 2.40 bits per heavy atom. The molecule has 1 aromatic rings. The highest BCUT2D eigenvalue weighted by atomic mass is 16.5. The number of esters is 1. The van der Waals surface area contributed by atoms with Crippen molar-refractivity contribution in [2.75, 3.05) is 25.6 Å². The zero-order chi connectivity index (χ0) is 14.4. The Bertz CT molecular complexity index is 458. The van der Waals surface area contributed by atoms with Gasteiger partial charge in [-0.3, -0.25) is 0 Å². The van der Waals surface area contributed by atoms with Gasteiger partial charge in [-0.15, -0.1) is 0 Å². The second kappa shape index (κ2) is 7.09. The molecule has 1 atom stereocenters. The number of pyridine rings is 1. The van der Waals surface area contributed by atoms with Crippen LogP contribution in [0.25, 0.3) is 0 Å². The maximum Gasteiger partial charge on any atom is 0.343 e. The topological polar surface area (TPSA) is 83.7 Å². The first-order valence-corrected chi connectivity index (χ1v) is 6.87. The molecule has 0 amide bonds. The molecule has 6 heteroatoms. The molecule has 1 fully saturated rings. The molecule has 1 saturated heterocycles. The van der Waals surface area contributed by atoms with Gasteiger partial charge in [0.25, 0.3) is 0 Å². The Balaban J connectivity index is 2.03. The number of anilines is 1. The third-order valence-corrected chi connectivity index (χ3v) is 3.05. The van der Waals surface area contributed by atoms with E-state index in [1.807, 2.05) is 0 Å². The molecule has 1 aromatic heterocycles. The Kier molecular flexibility index (Phi) is 5.17. The lowest BCUT2D eigenvalue weighted by Crippen LogP contribution is -2.26. The summed E-state index contributed by atoms with van der Waals surface area (Å²) in [5, 5.41) is 0. The monoisotopic (exact) mass is 280 g/mol. The first-order chi connectivity index (χ1) is 9.70. The zero-order valence-electron chi connectivity index (χ0n) is 11.6. The maximum absolute atomic E-state index is 11.8. The summed E-state index contributed by atoms with van der Waals surface area (Å²) in [6, 6.07) is 1.52. The molecule has 2 N–H and O–H groups in total. The van der Waals surface area contributed by atoms with E-state index in [0.717, 1.165) is 25.9 Å². The Morgan fingerprint density at radius 1 is 1.55 bits per heavy atom. The van der Waals surface area contributed by atoms with Gasteiger partial charge in [0.05, 0.1) is 24.6 Å². The average molecular weight is 280 g/mol. The molecule has 0 saturated carbocycles. The van der Waals surface area contributed by atoms with Crippen LogP contribution in [0.2, 0.25) is 0 Å². The fraction of sp³-hybridized carbons (Fsp3) is 0.571. The van der Waals surface area contributed by atoms with Crippen LogP contribution in [0.3, 0.4) is 0 Å². The maximum atomic E-state index is 11.8. The summed E-state index contributed by atoms with van der Waals surface area (Å²) in [6.07, 6.45) is 4.69. The molecule has 1 aliphatic heterocycles. The van der Waals surface area contributed by atoms with Gasteiger partial charge in [-0.25, -0.2) is 9.78 Å². The van der Waals surface area contributed by atoms with Gasteiger partial charge in [0.2, 0.25) is 5.88 Å². The summed E-state index contributed by atoms with van der Waals surface area (Å²) < 4.78 is 16.2. The van der Waals surface area contributed by atoms with E-state index in [4.69, 9.17) is 19.9 Å². The average Bonchev–Trinajstić information content (AvgIpc) is 2.47. The van der Waals surface area contributed by atoms with E-state index in [0.29, 0.717) is 18.9 Å². The van der Waals surface area contributed by atoms with E-state index in [1.165, 1.54) is 12.3 Å². The van der Waals surface area contributed by atoms with Crippen molar-refractivity contribution in [3.05, 3.63) is 17.8 Å². The van der Waals surface area contributed by atoms with Gasteiger partial charge >= 0.3 is 5.97 Å². The van der Waals surface area contributed by atoms with Crippen LogP contribution >= 0.6 is 0 Å². The summed E-state index contributed by atoms with van der Waals surface area (Å²) in [7, 11) is 0. The fourth-order valence-corrected chi connectivity index (χ4v) is 2.05. The van der Waals surface area contributed by atoms with Crippen molar-refractivity contribution in [2.24, 2.45) is 0 Å². The molecule has 0 aliphatic carbocycles. The lowest BCUT2D eigenvalue weighted by atomic mass is 10.1. The lowest BCUT2D eigenvalue weighted by Gasteiger charge is -2.22. The molecule has 0 spiro atoms. The van der Waals surface area contributed by atoms with E-state index < -0.39 is 5.97 Å². The molecule has 6 nitrogen and oxygen atoms in total. The van der Waals surface area contributed by atoms with Crippen molar-refractivity contribution in [3.63, 3.8) is 0 Å². The Hall–Kier alpha value is -1.82. The first kappa shape index (κ1) is 14.6. The molecule has 1 unspecified atom stereocenters. The minimum absolute atomic E-state index is 0.0538. The predicted octanol–water partition coefficient (Wildman–Crippen LogP) is 1.79. The van der Waals surface area contributed by atoms with Gasteiger partial charge in [0, 0.05) is 6.61 Å². The van der Waals surface area contributed by atoms with E-state index in [-0.39, 0.29) is 17.5 Å². The number of nitrogens with zero attached hydrogens (tertiary/aromatic N) is 1. The van der Waals surface area contributed by atoms with Crippen LogP contribution in [-0.4, -0.2) is 36.9 Å². The van der Waals surface area contributed by atoms with Gasteiger partial charge in [-0.05, 0) is 32.3 Å². The van der Waals surface area contributed by atoms with Gasteiger partial charge < -0.3 is 19.9 Å². The summed E-state index contributed by atoms with van der Waals surface area (Å²) in [4.78, 5) is 15.9. The lowest BCUT2D eigenvalue weighted by molar-refractivity contribution is -0.0123. The van der Waals surface area contributed by atoms with Crippen molar-refractivity contribution >= 4 is 11.7 Å². The smallest absolute Gasteiger partial charge is 0.343 e.